The molecule has 5 heteroatoms. The molecule has 0 saturated carbocycles. The van der Waals surface area contributed by atoms with Crippen LogP contribution in [0.15, 0.2) is 48.5 Å². The Morgan fingerprint density at radius 2 is 1.85 bits per heavy atom. The van der Waals surface area contributed by atoms with Crippen molar-refractivity contribution in [1.82, 2.24) is 14.9 Å². The van der Waals surface area contributed by atoms with E-state index >= 15 is 0 Å². The number of rotatable bonds is 8. The van der Waals surface area contributed by atoms with E-state index in [9.17, 15) is 4.79 Å². The van der Waals surface area contributed by atoms with E-state index in [1.54, 1.807) is 6.92 Å². The first kappa shape index (κ1) is 21.8. The molecule has 2 aliphatic rings. The van der Waals surface area contributed by atoms with Crippen LogP contribution in [0.3, 0.4) is 0 Å². The summed E-state index contributed by atoms with van der Waals surface area (Å²) in [6.45, 7) is 6.12. The number of hydrogen-bond donors (Lipinski definition) is 1. The van der Waals surface area contributed by atoms with Gasteiger partial charge in [-0.2, -0.15) is 0 Å². The van der Waals surface area contributed by atoms with Crippen LogP contribution in [0.2, 0.25) is 0 Å². The predicted octanol–water partition coefficient (Wildman–Crippen LogP) is 5.13. The Bertz CT molecular complexity index is 1140. The molecule has 0 bridgehead atoms. The maximum atomic E-state index is 11.9. The van der Waals surface area contributed by atoms with Gasteiger partial charge in [-0.15, -0.1) is 0 Å². The standard InChI is InChI=1S/C28H32N4O/c1-20(33)22-11-12-24-23(18-22)19-25-27(24)28(29-13-8-16-32-14-6-3-7-15-32)31-26(30-25)17-21-9-4-2-5-10-21/h2,4-5,9-12,18H,3,6-8,13-17,19H2,1H3,(H,29,30,31). The van der Waals surface area contributed by atoms with Crippen LogP contribution in [0.1, 0.15) is 65.6 Å². The number of likely N-dealkylation sites (tertiary alicyclic amines) is 1. The number of nitrogens with zero attached hydrogens (tertiary/aromatic N) is 3. The highest BCUT2D eigenvalue weighted by molar-refractivity contribution is 5.96. The smallest absolute Gasteiger partial charge is 0.159 e. The van der Waals surface area contributed by atoms with Crippen LogP contribution in [0.25, 0.3) is 11.1 Å². The Morgan fingerprint density at radius 1 is 1.03 bits per heavy atom. The van der Waals surface area contributed by atoms with E-state index in [2.05, 4.69) is 40.5 Å². The van der Waals surface area contributed by atoms with Crippen molar-refractivity contribution in [2.75, 3.05) is 31.5 Å². The molecule has 2 heterocycles. The fourth-order valence-electron chi connectivity index (χ4n) is 5.03. The highest BCUT2D eigenvalue weighted by Crippen LogP contribution is 2.40. The molecule has 5 rings (SSSR count). The second kappa shape index (κ2) is 9.84. The second-order valence-electron chi connectivity index (χ2n) is 9.26. The molecule has 1 fully saturated rings. The summed E-state index contributed by atoms with van der Waals surface area (Å²) in [7, 11) is 0. The highest BCUT2D eigenvalue weighted by atomic mass is 16.1. The molecule has 0 unspecified atom stereocenters. The Morgan fingerprint density at radius 3 is 2.64 bits per heavy atom. The molecule has 0 amide bonds. The summed E-state index contributed by atoms with van der Waals surface area (Å²) in [5.74, 6) is 1.87. The van der Waals surface area contributed by atoms with Gasteiger partial charge in [0.15, 0.2) is 5.78 Å². The van der Waals surface area contributed by atoms with Gasteiger partial charge in [-0.05, 0) is 68.6 Å². The molecule has 0 spiro atoms. The normalized spacial score (nSPS) is 15.2. The number of Topliss-reactive ketones (excluding diaryl/α,β-unsaturated/α-hetero) is 1. The van der Waals surface area contributed by atoms with E-state index in [4.69, 9.17) is 9.97 Å². The minimum atomic E-state index is 0.0978. The number of hydrogen-bond acceptors (Lipinski definition) is 5. The van der Waals surface area contributed by atoms with Crippen molar-refractivity contribution in [3.8, 4) is 11.1 Å². The fraction of sp³-hybridized carbons (Fsp3) is 0.393. The van der Waals surface area contributed by atoms with Crippen LogP contribution in [0.5, 0.6) is 0 Å². The molecule has 3 aromatic rings. The summed E-state index contributed by atoms with van der Waals surface area (Å²) >= 11 is 0. The molecule has 1 saturated heterocycles. The van der Waals surface area contributed by atoms with Gasteiger partial charge in [0.2, 0.25) is 0 Å². The maximum absolute atomic E-state index is 11.9. The van der Waals surface area contributed by atoms with E-state index in [0.717, 1.165) is 60.0 Å². The summed E-state index contributed by atoms with van der Waals surface area (Å²) in [4.78, 5) is 24.4. The lowest BCUT2D eigenvalue weighted by molar-refractivity contribution is 0.101. The van der Waals surface area contributed by atoms with Gasteiger partial charge in [0.25, 0.3) is 0 Å². The number of benzene rings is 2. The summed E-state index contributed by atoms with van der Waals surface area (Å²) in [6.07, 6.45) is 6.59. The third-order valence-electron chi connectivity index (χ3n) is 6.77. The molecule has 33 heavy (non-hydrogen) atoms. The lowest BCUT2D eigenvalue weighted by Crippen LogP contribution is -2.31. The van der Waals surface area contributed by atoms with Crippen LogP contribution in [0.4, 0.5) is 5.82 Å². The van der Waals surface area contributed by atoms with Gasteiger partial charge in [0.05, 0.1) is 5.69 Å². The molecule has 1 aliphatic carbocycles. The van der Waals surface area contributed by atoms with Crippen molar-refractivity contribution in [2.24, 2.45) is 0 Å². The van der Waals surface area contributed by atoms with E-state index in [1.165, 1.54) is 43.5 Å². The van der Waals surface area contributed by atoms with Crippen molar-refractivity contribution < 1.29 is 4.79 Å². The predicted molar refractivity (Wildman–Crippen MR) is 133 cm³/mol. The molecular formula is C28H32N4O. The number of aromatic nitrogens is 2. The maximum Gasteiger partial charge on any atom is 0.159 e. The number of fused-ring (bicyclic) bond motifs is 3. The van der Waals surface area contributed by atoms with Crippen molar-refractivity contribution >= 4 is 11.6 Å². The van der Waals surface area contributed by atoms with Gasteiger partial charge in [-0.25, -0.2) is 9.97 Å². The van der Waals surface area contributed by atoms with Gasteiger partial charge < -0.3 is 10.2 Å². The summed E-state index contributed by atoms with van der Waals surface area (Å²) in [5, 5.41) is 3.64. The first-order valence-electron chi connectivity index (χ1n) is 12.2. The van der Waals surface area contributed by atoms with Gasteiger partial charge in [-0.3, -0.25) is 4.79 Å². The zero-order chi connectivity index (χ0) is 22.6. The number of nitrogens with one attached hydrogen (secondary N) is 1. The number of carbonyl (C=O) groups is 1. The average Bonchev–Trinajstić information content (AvgIpc) is 3.20. The summed E-state index contributed by atoms with van der Waals surface area (Å²) in [6, 6.07) is 16.4. The molecular weight excluding hydrogens is 408 g/mol. The lowest BCUT2D eigenvalue weighted by Gasteiger charge is -2.26. The molecule has 5 nitrogen and oxygen atoms in total. The zero-order valence-electron chi connectivity index (χ0n) is 19.4. The Hall–Kier alpha value is -3.05. The largest absolute Gasteiger partial charge is 0.369 e. The third kappa shape index (κ3) is 4.98. The SMILES string of the molecule is CC(=O)c1ccc2c(c1)Cc1nc(Cc3ccccc3)nc(NCCCN3CCCCC3)c1-2. The molecule has 1 aliphatic heterocycles. The molecule has 1 aromatic heterocycles. The van der Waals surface area contributed by atoms with E-state index in [0.29, 0.717) is 6.42 Å². The first-order valence-corrected chi connectivity index (χ1v) is 12.2. The van der Waals surface area contributed by atoms with Crippen molar-refractivity contribution in [3.63, 3.8) is 0 Å². The first-order chi connectivity index (χ1) is 16.2. The van der Waals surface area contributed by atoms with Crippen LogP contribution < -0.4 is 5.32 Å². The average molecular weight is 441 g/mol. The Kier molecular flexibility index (Phi) is 6.49. The minimum Gasteiger partial charge on any atom is -0.369 e. The van der Waals surface area contributed by atoms with Gasteiger partial charge in [0, 0.05) is 30.5 Å². The molecule has 0 atom stereocenters. The summed E-state index contributed by atoms with van der Waals surface area (Å²) < 4.78 is 0. The van der Waals surface area contributed by atoms with Gasteiger partial charge in [0.1, 0.15) is 11.6 Å². The van der Waals surface area contributed by atoms with Crippen LogP contribution in [-0.2, 0) is 12.8 Å². The van der Waals surface area contributed by atoms with Crippen molar-refractivity contribution in [2.45, 2.75) is 45.4 Å². The lowest BCUT2D eigenvalue weighted by atomic mass is 10.0. The van der Waals surface area contributed by atoms with Gasteiger partial charge in [-0.1, -0.05) is 48.9 Å². The molecule has 2 aromatic carbocycles. The van der Waals surface area contributed by atoms with Crippen molar-refractivity contribution in [1.29, 1.82) is 0 Å². The topological polar surface area (TPSA) is 58.1 Å². The highest BCUT2D eigenvalue weighted by Gasteiger charge is 2.26. The Balaban J connectivity index is 1.39. The monoisotopic (exact) mass is 440 g/mol. The van der Waals surface area contributed by atoms with Crippen LogP contribution in [-0.4, -0.2) is 46.8 Å². The minimum absolute atomic E-state index is 0.0978. The van der Waals surface area contributed by atoms with E-state index in [-0.39, 0.29) is 5.78 Å². The fourth-order valence-corrected chi connectivity index (χ4v) is 5.03. The summed E-state index contributed by atoms with van der Waals surface area (Å²) in [5.41, 5.74) is 6.46. The number of piperidine rings is 1. The van der Waals surface area contributed by atoms with Gasteiger partial charge >= 0.3 is 0 Å². The molecule has 170 valence electrons. The van der Waals surface area contributed by atoms with E-state index in [1.807, 2.05) is 18.2 Å². The quantitative estimate of drug-likeness (QED) is 0.304. The van der Waals surface area contributed by atoms with E-state index < -0.39 is 0 Å². The zero-order valence-corrected chi connectivity index (χ0v) is 19.4. The second-order valence-corrected chi connectivity index (χ2v) is 9.26. The third-order valence-corrected chi connectivity index (χ3v) is 6.77. The molecule has 1 N–H and O–H groups in total. The molecule has 0 radical (unpaired) electrons. The Labute approximate surface area is 196 Å². The number of anilines is 1. The number of ketones is 1. The van der Waals surface area contributed by atoms with Crippen molar-refractivity contribution in [3.05, 3.63) is 76.7 Å². The van der Waals surface area contributed by atoms with Crippen LogP contribution >= 0.6 is 0 Å². The number of carbonyl (C=O) groups excluding carboxylic acids is 1. The van der Waals surface area contributed by atoms with Crippen LogP contribution in [0, 0.1) is 0 Å².